The smallest absolute Gasteiger partial charge is 0.303 e. The molecule has 2 aliphatic heterocycles. The van der Waals surface area contributed by atoms with Crippen LogP contribution in [0.3, 0.4) is 0 Å². The molecular formula is C15H17BrN2O3. The average Bonchev–Trinajstić information content (AvgIpc) is 2.69. The van der Waals surface area contributed by atoms with Gasteiger partial charge in [0.25, 0.3) is 5.91 Å². The first kappa shape index (κ1) is 14.5. The zero-order valence-corrected chi connectivity index (χ0v) is 13.1. The van der Waals surface area contributed by atoms with Crippen molar-refractivity contribution in [3.05, 3.63) is 28.5 Å². The van der Waals surface area contributed by atoms with Crippen LogP contribution in [0.4, 0.5) is 0 Å². The first-order valence-electron chi connectivity index (χ1n) is 7.21. The number of nitrogens with zero attached hydrogens (tertiary/aromatic N) is 2. The fourth-order valence-electron chi connectivity index (χ4n) is 3.69. The molecule has 2 bridgehead atoms. The van der Waals surface area contributed by atoms with E-state index in [2.05, 4.69) is 20.9 Å². The van der Waals surface area contributed by atoms with Gasteiger partial charge in [-0.25, -0.2) is 4.98 Å². The predicted octanol–water partition coefficient (Wildman–Crippen LogP) is 2.70. The molecule has 112 valence electrons. The van der Waals surface area contributed by atoms with Crippen LogP contribution < -0.4 is 0 Å². The average molecular weight is 353 g/mol. The van der Waals surface area contributed by atoms with Gasteiger partial charge in [-0.3, -0.25) is 9.59 Å². The van der Waals surface area contributed by atoms with Gasteiger partial charge in [-0.2, -0.15) is 0 Å². The van der Waals surface area contributed by atoms with Gasteiger partial charge < -0.3 is 10.0 Å². The second-order valence-corrected chi connectivity index (χ2v) is 6.69. The minimum Gasteiger partial charge on any atom is -0.481 e. The maximum atomic E-state index is 12.7. The molecule has 0 spiro atoms. The van der Waals surface area contributed by atoms with Gasteiger partial charge in [0.15, 0.2) is 0 Å². The number of piperidine rings is 1. The number of carbonyl (C=O) groups is 2. The summed E-state index contributed by atoms with van der Waals surface area (Å²) in [6.45, 7) is 0. The lowest BCUT2D eigenvalue weighted by Crippen LogP contribution is -2.47. The van der Waals surface area contributed by atoms with Crippen LogP contribution in [-0.4, -0.2) is 39.0 Å². The Kier molecular flexibility index (Phi) is 3.97. The van der Waals surface area contributed by atoms with Gasteiger partial charge in [0.05, 0.1) is 0 Å². The van der Waals surface area contributed by atoms with Crippen LogP contribution in [-0.2, 0) is 4.79 Å². The van der Waals surface area contributed by atoms with E-state index in [1.807, 2.05) is 11.0 Å². The Labute approximate surface area is 131 Å². The SMILES string of the molecule is O=C(O)CC1CC2CCC(C1)N2C(=O)c1cccc(Br)n1. The Morgan fingerprint density at radius 2 is 1.95 bits per heavy atom. The highest BCUT2D eigenvalue weighted by atomic mass is 79.9. The third kappa shape index (κ3) is 2.95. The number of aromatic nitrogens is 1. The first-order valence-corrected chi connectivity index (χ1v) is 8.01. The van der Waals surface area contributed by atoms with E-state index in [9.17, 15) is 9.59 Å². The summed E-state index contributed by atoms with van der Waals surface area (Å²) >= 11 is 3.29. The van der Waals surface area contributed by atoms with Crippen LogP contribution in [0.25, 0.3) is 0 Å². The molecule has 2 atom stereocenters. The molecular weight excluding hydrogens is 336 g/mol. The van der Waals surface area contributed by atoms with Crippen molar-refractivity contribution in [2.24, 2.45) is 5.92 Å². The highest BCUT2D eigenvalue weighted by Gasteiger charge is 2.44. The fraction of sp³-hybridized carbons (Fsp3) is 0.533. The van der Waals surface area contributed by atoms with Crippen LogP contribution in [0, 0.1) is 5.92 Å². The minimum absolute atomic E-state index is 0.0300. The summed E-state index contributed by atoms with van der Waals surface area (Å²) in [5.41, 5.74) is 0.456. The molecule has 1 N–H and O–H groups in total. The zero-order chi connectivity index (χ0) is 15.0. The van der Waals surface area contributed by atoms with Gasteiger partial charge >= 0.3 is 5.97 Å². The lowest BCUT2D eigenvalue weighted by molar-refractivity contribution is -0.138. The van der Waals surface area contributed by atoms with Crippen molar-refractivity contribution in [1.82, 2.24) is 9.88 Å². The standard InChI is InChI=1S/C15H17BrN2O3/c16-13-3-1-2-12(17-13)15(21)18-10-4-5-11(18)7-9(6-10)8-14(19)20/h1-3,9-11H,4-8H2,(H,19,20). The molecule has 2 aliphatic rings. The number of pyridine rings is 1. The summed E-state index contributed by atoms with van der Waals surface area (Å²) in [5.74, 6) is -0.579. The van der Waals surface area contributed by atoms with Crippen molar-refractivity contribution in [3.8, 4) is 0 Å². The normalized spacial score (nSPS) is 27.7. The van der Waals surface area contributed by atoms with Crippen molar-refractivity contribution < 1.29 is 14.7 Å². The maximum Gasteiger partial charge on any atom is 0.303 e. The van der Waals surface area contributed by atoms with Crippen LogP contribution in [0.2, 0.25) is 0 Å². The largest absolute Gasteiger partial charge is 0.481 e. The number of rotatable bonds is 3. The lowest BCUT2D eigenvalue weighted by atomic mass is 9.88. The van der Waals surface area contributed by atoms with Gasteiger partial charge in [0, 0.05) is 18.5 Å². The number of hydrogen-bond donors (Lipinski definition) is 1. The highest BCUT2D eigenvalue weighted by Crippen LogP contribution is 2.40. The number of carboxylic acid groups (broad SMARTS) is 1. The Balaban J connectivity index is 1.76. The lowest BCUT2D eigenvalue weighted by Gasteiger charge is -2.38. The number of fused-ring (bicyclic) bond motifs is 2. The minimum atomic E-state index is -0.743. The molecule has 5 nitrogen and oxygen atoms in total. The quantitative estimate of drug-likeness (QED) is 0.849. The molecule has 6 heteroatoms. The van der Waals surface area contributed by atoms with Crippen LogP contribution in [0.5, 0.6) is 0 Å². The molecule has 2 fully saturated rings. The van der Waals surface area contributed by atoms with E-state index in [1.54, 1.807) is 12.1 Å². The monoisotopic (exact) mass is 352 g/mol. The Morgan fingerprint density at radius 3 is 2.52 bits per heavy atom. The van der Waals surface area contributed by atoms with Gasteiger partial charge in [-0.1, -0.05) is 6.07 Å². The number of carbonyl (C=O) groups excluding carboxylic acids is 1. The molecule has 21 heavy (non-hydrogen) atoms. The van der Waals surface area contributed by atoms with Crippen molar-refractivity contribution in [3.63, 3.8) is 0 Å². The van der Waals surface area contributed by atoms with Crippen molar-refractivity contribution in [2.45, 2.75) is 44.2 Å². The number of amides is 1. The molecule has 2 unspecified atom stereocenters. The summed E-state index contributed by atoms with van der Waals surface area (Å²) in [7, 11) is 0. The number of aliphatic carboxylic acids is 1. The summed E-state index contributed by atoms with van der Waals surface area (Å²) in [4.78, 5) is 29.7. The van der Waals surface area contributed by atoms with E-state index in [1.165, 1.54) is 0 Å². The van der Waals surface area contributed by atoms with Crippen molar-refractivity contribution in [2.75, 3.05) is 0 Å². The van der Waals surface area contributed by atoms with Crippen LogP contribution in [0.15, 0.2) is 22.8 Å². The van der Waals surface area contributed by atoms with E-state index < -0.39 is 5.97 Å². The summed E-state index contributed by atoms with van der Waals surface area (Å²) in [5, 5.41) is 8.95. The maximum absolute atomic E-state index is 12.7. The van der Waals surface area contributed by atoms with E-state index in [-0.39, 0.29) is 30.3 Å². The highest BCUT2D eigenvalue weighted by molar-refractivity contribution is 9.10. The van der Waals surface area contributed by atoms with Gasteiger partial charge in [-0.05, 0) is 59.7 Å². The topological polar surface area (TPSA) is 70.5 Å². The molecule has 0 radical (unpaired) electrons. The van der Waals surface area contributed by atoms with Gasteiger partial charge in [-0.15, -0.1) is 0 Å². The first-order chi connectivity index (χ1) is 10.0. The van der Waals surface area contributed by atoms with Crippen LogP contribution >= 0.6 is 15.9 Å². The Morgan fingerprint density at radius 1 is 1.29 bits per heavy atom. The van der Waals surface area contributed by atoms with E-state index in [0.29, 0.717) is 10.3 Å². The second kappa shape index (κ2) is 5.75. The van der Waals surface area contributed by atoms with Crippen molar-refractivity contribution >= 4 is 27.8 Å². The molecule has 0 saturated carbocycles. The van der Waals surface area contributed by atoms with Gasteiger partial charge in [0.2, 0.25) is 0 Å². The van der Waals surface area contributed by atoms with E-state index in [4.69, 9.17) is 5.11 Å². The van der Waals surface area contributed by atoms with Crippen LogP contribution in [0.1, 0.15) is 42.6 Å². The second-order valence-electron chi connectivity index (χ2n) is 5.88. The summed E-state index contributed by atoms with van der Waals surface area (Å²) < 4.78 is 0.654. The van der Waals surface area contributed by atoms with E-state index >= 15 is 0 Å². The van der Waals surface area contributed by atoms with Gasteiger partial charge in [0.1, 0.15) is 10.3 Å². The van der Waals surface area contributed by atoms with E-state index in [0.717, 1.165) is 25.7 Å². The third-order valence-corrected chi connectivity index (χ3v) is 4.90. The molecule has 0 aromatic carbocycles. The third-order valence-electron chi connectivity index (χ3n) is 4.46. The molecule has 1 aromatic heterocycles. The molecule has 1 amide bonds. The Bertz CT molecular complexity index is 564. The molecule has 3 heterocycles. The number of carboxylic acids is 1. The number of halogens is 1. The summed E-state index contributed by atoms with van der Waals surface area (Å²) in [6, 6.07) is 5.67. The fourth-order valence-corrected chi connectivity index (χ4v) is 4.04. The molecule has 3 rings (SSSR count). The van der Waals surface area contributed by atoms with Crippen molar-refractivity contribution in [1.29, 1.82) is 0 Å². The Hall–Kier alpha value is -1.43. The zero-order valence-electron chi connectivity index (χ0n) is 11.5. The predicted molar refractivity (Wildman–Crippen MR) is 79.9 cm³/mol. The molecule has 0 aliphatic carbocycles. The molecule has 2 saturated heterocycles. The number of hydrogen-bond acceptors (Lipinski definition) is 3. The molecule has 1 aromatic rings. The summed E-state index contributed by atoms with van der Waals surface area (Å²) in [6.07, 6.45) is 3.75.